The van der Waals surface area contributed by atoms with Gasteiger partial charge in [-0.3, -0.25) is 4.90 Å². The first kappa shape index (κ1) is 12.0. The summed E-state index contributed by atoms with van der Waals surface area (Å²) in [6.07, 6.45) is 1.86. The lowest BCUT2D eigenvalue weighted by Gasteiger charge is -2.27. The van der Waals surface area contributed by atoms with Crippen molar-refractivity contribution in [3.63, 3.8) is 0 Å². The maximum atomic E-state index is 5.77. The van der Waals surface area contributed by atoms with E-state index in [1.807, 2.05) is 6.20 Å². The van der Waals surface area contributed by atoms with Crippen molar-refractivity contribution in [1.29, 1.82) is 0 Å². The van der Waals surface area contributed by atoms with E-state index in [1.165, 1.54) is 4.88 Å². The van der Waals surface area contributed by atoms with Crippen molar-refractivity contribution in [2.24, 2.45) is 5.92 Å². The van der Waals surface area contributed by atoms with Gasteiger partial charge in [0.15, 0.2) is 4.47 Å². The molecule has 80 valence electrons. The van der Waals surface area contributed by atoms with E-state index in [1.54, 1.807) is 11.3 Å². The van der Waals surface area contributed by atoms with E-state index in [9.17, 15) is 0 Å². The van der Waals surface area contributed by atoms with Crippen LogP contribution in [-0.2, 0) is 6.54 Å². The fraction of sp³-hybridized carbons (Fsp3) is 0.700. The third kappa shape index (κ3) is 3.23. The molecule has 1 atom stereocenters. The highest BCUT2D eigenvalue weighted by Crippen LogP contribution is 2.20. The van der Waals surface area contributed by atoms with Crippen molar-refractivity contribution >= 4 is 22.9 Å². The highest BCUT2D eigenvalue weighted by atomic mass is 35.5. The first-order valence-electron chi connectivity index (χ1n) is 4.81. The quantitative estimate of drug-likeness (QED) is 0.792. The van der Waals surface area contributed by atoms with Gasteiger partial charge in [-0.05, 0) is 19.9 Å². The van der Waals surface area contributed by atoms with Crippen LogP contribution in [0.3, 0.4) is 0 Å². The molecule has 1 heterocycles. The summed E-state index contributed by atoms with van der Waals surface area (Å²) in [6.45, 7) is 7.65. The monoisotopic (exact) mass is 232 g/mol. The van der Waals surface area contributed by atoms with E-state index in [0.717, 1.165) is 6.54 Å². The second-order valence-electron chi connectivity index (χ2n) is 3.98. The van der Waals surface area contributed by atoms with Crippen LogP contribution in [-0.4, -0.2) is 23.0 Å². The molecule has 0 N–H and O–H groups in total. The minimum Gasteiger partial charge on any atom is -0.298 e. The summed E-state index contributed by atoms with van der Waals surface area (Å²) in [5, 5.41) is 0. The normalized spacial score (nSPS) is 13.9. The summed E-state index contributed by atoms with van der Waals surface area (Å²) >= 11 is 7.33. The number of nitrogens with zero attached hydrogens (tertiary/aromatic N) is 2. The predicted octanol–water partition coefficient (Wildman–Crippen LogP) is 3.27. The van der Waals surface area contributed by atoms with Gasteiger partial charge >= 0.3 is 0 Å². The van der Waals surface area contributed by atoms with Crippen molar-refractivity contribution in [2.45, 2.75) is 33.4 Å². The molecule has 0 bridgehead atoms. The summed E-state index contributed by atoms with van der Waals surface area (Å²) in [5.74, 6) is 0.670. The second-order valence-corrected chi connectivity index (χ2v) is 5.68. The molecule has 1 aromatic heterocycles. The zero-order valence-corrected chi connectivity index (χ0v) is 10.7. The van der Waals surface area contributed by atoms with E-state index in [0.29, 0.717) is 16.4 Å². The van der Waals surface area contributed by atoms with Gasteiger partial charge in [0.25, 0.3) is 0 Å². The van der Waals surface area contributed by atoms with Crippen LogP contribution in [0.25, 0.3) is 0 Å². The minimum atomic E-state index is 0.580. The molecule has 0 aromatic carbocycles. The van der Waals surface area contributed by atoms with Gasteiger partial charge in [0, 0.05) is 23.7 Å². The average molecular weight is 233 g/mol. The molecule has 0 amide bonds. The Morgan fingerprint density at radius 1 is 1.50 bits per heavy atom. The standard InChI is InChI=1S/C10H17ClN2S/c1-7(2)8(3)13(4)6-9-5-12-10(11)14-9/h5,7-8H,6H2,1-4H3. The molecule has 1 unspecified atom stereocenters. The third-order valence-corrected chi connectivity index (χ3v) is 3.69. The minimum absolute atomic E-state index is 0.580. The smallest absolute Gasteiger partial charge is 0.183 e. The van der Waals surface area contributed by atoms with Crippen LogP contribution in [0, 0.1) is 5.92 Å². The molecule has 0 fully saturated rings. The van der Waals surface area contributed by atoms with E-state index in [2.05, 4.69) is 37.7 Å². The lowest BCUT2D eigenvalue weighted by molar-refractivity contribution is 0.202. The summed E-state index contributed by atoms with van der Waals surface area (Å²) in [7, 11) is 2.14. The van der Waals surface area contributed by atoms with Gasteiger partial charge in [-0.2, -0.15) is 0 Å². The molecular formula is C10H17ClN2S. The van der Waals surface area contributed by atoms with Crippen LogP contribution in [0.5, 0.6) is 0 Å². The number of rotatable bonds is 4. The van der Waals surface area contributed by atoms with Crippen LogP contribution in [0.2, 0.25) is 4.47 Å². The van der Waals surface area contributed by atoms with Crippen LogP contribution in [0.15, 0.2) is 6.20 Å². The summed E-state index contributed by atoms with van der Waals surface area (Å²) < 4.78 is 0.630. The molecular weight excluding hydrogens is 216 g/mol. The van der Waals surface area contributed by atoms with Crippen molar-refractivity contribution in [3.05, 3.63) is 15.5 Å². The molecule has 0 aliphatic rings. The van der Waals surface area contributed by atoms with Crippen molar-refractivity contribution in [1.82, 2.24) is 9.88 Å². The fourth-order valence-corrected chi connectivity index (χ4v) is 2.30. The number of halogens is 1. The lowest BCUT2D eigenvalue weighted by Crippen LogP contribution is -2.32. The van der Waals surface area contributed by atoms with Crippen molar-refractivity contribution in [2.75, 3.05) is 7.05 Å². The van der Waals surface area contributed by atoms with Gasteiger partial charge in [0.2, 0.25) is 0 Å². The molecule has 4 heteroatoms. The number of aromatic nitrogens is 1. The Balaban J connectivity index is 2.52. The van der Waals surface area contributed by atoms with Gasteiger partial charge in [-0.1, -0.05) is 25.4 Å². The number of hydrogen-bond acceptors (Lipinski definition) is 3. The van der Waals surface area contributed by atoms with Gasteiger partial charge in [0.1, 0.15) is 0 Å². The molecule has 0 aliphatic heterocycles. The molecule has 14 heavy (non-hydrogen) atoms. The molecule has 0 saturated heterocycles. The second kappa shape index (κ2) is 5.10. The van der Waals surface area contributed by atoms with E-state index >= 15 is 0 Å². The summed E-state index contributed by atoms with van der Waals surface area (Å²) in [5.41, 5.74) is 0. The van der Waals surface area contributed by atoms with Crippen LogP contribution in [0.1, 0.15) is 25.6 Å². The Morgan fingerprint density at radius 2 is 2.14 bits per heavy atom. The first-order valence-corrected chi connectivity index (χ1v) is 6.00. The number of thiazole rings is 1. The molecule has 0 aliphatic carbocycles. The summed E-state index contributed by atoms with van der Waals surface area (Å²) in [4.78, 5) is 7.59. The molecule has 0 spiro atoms. The predicted molar refractivity (Wildman–Crippen MR) is 62.9 cm³/mol. The fourth-order valence-electron chi connectivity index (χ4n) is 1.26. The van der Waals surface area contributed by atoms with Gasteiger partial charge < -0.3 is 0 Å². The van der Waals surface area contributed by atoms with E-state index in [4.69, 9.17) is 11.6 Å². The third-order valence-electron chi connectivity index (χ3n) is 2.59. The molecule has 0 radical (unpaired) electrons. The Kier molecular flexibility index (Phi) is 4.35. The van der Waals surface area contributed by atoms with Crippen LogP contribution in [0.4, 0.5) is 0 Å². The Hall–Kier alpha value is -0.120. The van der Waals surface area contributed by atoms with E-state index < -0.39 is 0 Å². The number of hydrogen-bond donors (Lipinski definition) is 0. The highest BCUT2D eigenvalue weighted by molar-refractivity contribution is 7.15. The summed E-state index contributed by atoms with van der Waals surface area (Å²) in [6, 6.07) is 0.580. The Labute approximate surface area is 94.9 Å². The average Bonchev–Trinajstić information content (AvgIpc) is 2.49. The van der Waals surface area contributed by atoms with E-state index in [-0.39, 0.29) is 0 Å². The zero-order valence-electron chi connectivity index (χ0n) is 9.12. The first-order chi connectivity index (χ1) is 6.50. The van der Waals surface area contributed by atoms with Crippen LogP contribution < -0.4 is 0 Å². The SMILES string of the molecule is CC(C)C(C)N(C)Cc1cnc(Cl)s1. The molecule has 2 nitrogen and oxygen atoms in total. The van der Waals surface area contributed by atoms with Gasteiger partial charge in [-0.25, -0.2) is 4.98 Å². The highest BCUT2D eigenvalue weighted by Gasteiger charge is 2.14. The molecule has 1 aromatic rings. The molecule has 0 saturated carbocycles. The zero-order chi connectivity index (χ0) is 10.7. The Morgan fingerprint density at radius 3 is 2.57 bits per heavy atom. The maximum absolute atomic E-state index is 5.77. The lowest BCUT2D eigenvalue weighted by atomic mass is 10.1. The van der Waals surface area contributed by atoms with Crippen molar-refractivity contribution in [3.8, 4) is 0 Å². The maximum Gasteiger partial charge on any atom is 0.183 e. The largest absolute Gasteiger partial charge is 0.298 e. The van der Waals surface area contributed by atoms with Crippen LogP contribution >= 0.6 is 22.9 Å². The topological polar surface area (TPSA) is 16.1 Å². The van der Waals surface area contributed by atoms with Gasteiger partial charge in [-0.15, -0.1) is 11.3 Å². The Bertz CT molecular complexity index is 285. The molecule has 1 rings (SSSR count). The van der Waals surface area contributed by atoms with Gasteiger partial charge in [0.05, 0.1) is 0 Å². The van der Waals surface area contributed by atoms with Crippen molar-refractivity contribution < 1.29 is 0 Å².